The first-order valence-electron chi connectivity index (χ1n) is 6.62. The van der Waals surface area contributed by atoms with Gasteiger partial charge in [0.05, 0.1) is 4.90 Å². The zero-order valence-electron chi connectivity index (χ0n) is 11.4. The average Bonchev–Trinajstić information content (AvgIpc) is 2.39. The number of sulfonamides is 1. The van der Waals surface area contributed by atoms with Gasteiger partial charge in [-0.2, -0.15) is 0 Å². The third kappa shape index (κ3) is 3.94. The van der Waals surface area contributed by atoms with Crippen molar-refractivity contribution in [1.82, 2.24) is 15.2 Å². The lowest BCUT2D eigenvalue weighted by Crippen LogP contribution is -2.50. The normalized spacial score (nSPS) is 16.6. The Morgan fingerprint density at radius 2 is 1.70 bits per heavy atom. The molecule has 1 aliphatic heterocycles. The molecule has 1 aliphatic rings. The van der Waals surface area contributed by atoms with E-state index in [0.717, 1.165) is 37.9 Å². The van der Waals surface area contributed by atoms with Crippen LogP contribution in [0.3, 0.4) is 0 Å². The molecule has 0 bridgehead atoms. The van der Waals surface area contributed by atoms with Crippen molar-refractivity contribution in [2.45, 2.75) is 31.1 Å². The van der Waals surface area contributed by atoms with Crippen LogP contribution in [-0.2, 0) is 10.0 Å². The van der Waals surface area contributed by atoms with Crippen LogP contribution in [0.4, 0.5) is 4.79 Å². The van der Waals surface area contributed by atoms with E-state index in [0.29, 0.717) is 0 Å². The summed E-state index contributed by atoms with van der Waals surface area (Å²) >= 11 is 0. The van der Waals surface area contributed by atoms with Crippen LogP contribution in [0.1, 0.15) is 24.8 Å². The second kappa shape index (κ2) is 6.23. The molecule has 1 heterocycles. The van der Waals surface area contributed by atoms with E-state index in [4.69, 9.17) is 0 Å². The summed E-state index contributed by atoms with van der Waals surface area (Å²) in [5, 5.41) is 1.74. The molecule has 110 valence electrons. The summed E-state index contributed by atoms with van der Waals surface area (Å²) < 4.78 is 26.0. The number of carbonyl (C=O) groups excluding carboxylic acids is 1. The summed E-state index contributed by atoms with van der Waals surface area (Å²) in [6.07, 6.45) is 3.15. The minimum Gasteiger partial charge on any atom is -0.270 e. The molecule has 0 unspecified atom stereocenters. The molecule has 1 aromatic rings. The Bertz CT molecular complexity index is 563. The molecular formula is C13H19N3O3S. The number of aryl methyl sites for hydroxylation is 1. The summed E-state index contributed by atoms with van der Waals surface area (Å²) in [6.45, 7) is 3.36. The van der Waals surface area contributed by atoms with Crippen LogP contribution >= 0.6 is 0 Å². The van der Waals surface area contributed by atoms with Crippen molar-refractivity contribution in [3.05, 3.63) is 29.8 Å². The van der Waals surface area contributed by atoms with Gasteiger partial charge < -0.3 is 0 Å². The van der Waals surface area contributed by atoms with Gasteiger partial charge in [-0.15, -0.1) is 0 Å². The zero-order chi connectivity index (χ0) is 14.6. The van der Waals surface area contributed by atoms with Gasteiger partial charge in [-0.05, 0) is 31.9 Å². The Hall–Kier alpha value is -1.60. The van der Waals surface area contributed by atoms with E-state index in [1.165, 1.54) is 12.1 Å². The Balaban J connectivity index is 1.97. The predicted molar refractivity (Wildman–Crippen MR) is 75.5 cm³/mol. The number of hydrazine groups is 1. The first kappa shape index (κ1) is 14.8. The molecule has 0 saturated carbocycles. The molecule has 2 rings (SSSR count). The molecule has 0 radical (unpaired) electrons. The van der Waals surface area contributed by atoms with Crippen molar-refractivity contribution < 1.29 is 13.2 Å². The van der Waals surface area contributed by atoms with Gasteiger partial charge in [-0.3, -0.25) is 5.43 Å². The quantitative estimate of drug-likeness (QED) is 0.883. The number of piperidine rings is 1. The Labute approximate surface area is 119 Å². The molecule has 2 amide bonds. The van der Waals surface area contributed by atoms with E-state index in [1.807, 2.05) is 11.6 Å². The van der Waals surface area contributed by atoms with Crippen LogP contribution in [0.5, 0.6) is 0 Å². The lowest BCUT2D eigenvalue weighted by Gasteiger charge is -2.26. The van der Waals surface area contributed by atoms with E-state index in [1.54, 1.807) is 17.1 Å². The van der Waals surface area contributed by atoms with Crippen molar-refractivity contribution >= 4 is 16.1 Å². The Morgan fingerprint density at radius 3 is 2.30 bits per heavy atom. The number of hydrogen-bond acceptors (Lipinski definition) is 4. The van der Waals surface area contributed by atoms with Gasteiger partial charge in [0.1, 0.15) is 0 Å². The van der Waals surface area contributed by atoms with Crippen LogP contribution in [0, 0.1) is 6.92 Å². The molecule has 1 saturated heterocycles. The summed E-state index contributed by atoms with van der Waals surface area (Å²) in [7, 11) is -3.82. The smallest absolute Gasteiger partial charge is 0.270 e. The van der Waals surface area contributed by atoms with E-state index >= 15 is 0 Å². The number of benzene rings is 1. The molecule has 0 atom stereocenters. The summed E-state index contributed by atoms with van der Waals surface area (Å²) in [5.74, 6) is 0. The minimum atomic E-state index is -3.82. The Kier molecular flexibility index (Phi) is 4.61. The first-order valence-corrected chi connectivity index (χ1v) is 8.11. The maximum Gasteiger partial charge on any atom is 0.343 e. The van der Waals surface area contributed by atoms with Crippen LogP contribution in [0.25, 0.3) is 0 Å². The van der Waals surface area contributed by atoms with Gasteiger partial charge >= 0.3 is 6.03 Å². The largest absolute Gasteiger partial charge is 0.343 e. The van der Waals surface area contributed by atoms with Crippen molar-refractivity contribution in [2.75, 3.05) is 13.1 Å². The first-order chi connectivity index (χ1) is 9.47. The predicted octanol–water partition coefficient (Wildman–Crippen LogP) is 1.38. The standard InChI is InChI=1S/C13H19N3O3S/c1-11-5-7-12(8-6-11)20(18,19)15-13(17)14-16-9-3-2-4-10-16/h5-8H,2-4,9-10H2,1H3,(H2,14,15,17). The molecule has 0 spiro atoms. The number of rotatable bonds is 3. The molecule has 6 nitrogen and oxygen atoms in total. The van der Waals surface area contributed by atoms with Gasteiger partial charge in [-0.1, -0.05) is 24.1 Å². The highest BCUT2D eigenvalue weighted by atomic mass is 32.2. The van der Waals surface area contributed by atoms with Gasteiger partial charge in [0.2, 0.25) is 0 Å². The van der Waals surface area contributed by atoms with E-state index in [2.05, 4.69) is 5.43 Å². The molecular weight excluding hydrogens is 278 g/mol. The molecule has 1 fully saturated rings. The zero-order valence-corrected chi connectivity index (χ0v) is 12.2. The van der Waals surface area contributed by atoms with Crippen molar-refractivity contribution in [3.8, 4) is 0 Å². The number of amides is 2. The number of hydrogen-bond donors (Lipinski definition) is 2. The number of nitrogens with zero attached hydrogens (tertiary/aromatic N) is 1. The fourth-order valence-corrected chi connectivity index (χ4v) is 2.97. The third-order valence-electron chi connectivity index (χ3n) is 3.17. The van der Waals surface area contributed by atoms with Gasteiger partial charge in [0.25, 0.3) is 10.0 Å². The molecule has 1 aromatic carbocycles. The maximum absolute atomic E-state index is 12.0. The van der Waals surface area contributed by atoms with Gasteiger partial charge in [0, 0.05) is 13.1 Å². The number of nitrogens with one attached hydrogen (secondary N) is 2. The van der Waals surface area contributed by atoms with Crippen molar-refractivity contribution in [3.63, 3.8) is 0 Å². The molecule has 0 aliphatic carbocycles. The number of urea groups is 1. The van der Waals surface area contributed by atoms with Crippen LogP contribution in [-0.4, -0.2) is 32.5 Å². The summed E-state index contributed by atoms with van der Waals surface area (Å²) in [5.41, 5.74) is 3.52. The highest BCUT2D eigenvalue weighted by Gasteiger charge is 2.19. The highest BCUT2D eigenvalue weighted by Crippen LogP contribution is 2.10. The van der Waals surface area contributed by atoms with E-state index in [9.17, 15) is 13.2 Å². The third-order valence-corrected chi connectivity index (χ3v) is 4.52. The van der Waals surface area contributed by atoms with Crippen LogP contribution < -0.4 is 10.1 Å². The average molecular weight is 297 g/mol. The Morgan fingerprint density at radius 1 is 1.10 bits per heavy atom. The van der Waals surface area contributed by atoms with Crippen molar-refractivity contribution in [2.24, 2.45) is 0 Å². The summed E-state index contributed by atoms with van der Waals surface area (Å²) in [6, 6.07) is 5.62. The van der Waals surface area contributed by atoms with E-state index < -0.39 is 16.1 Å². The fraction of sp³-hybridized carbons (Fsp3) is 0.462. The van der Waals surface area contributed by atoms with Crippen LogP contribution in [0.15, 0.2) is 29.2 Å². The van der Waals surface area contributed by atoms with Crippen LogP contribution in [0.2, 0.25) is 0 Å². The molecule has 7 heteroatoms. The number of carbonyl (C=O) groups is 1. The SMILES string of the molecule is Cc1ccc(S(=O)(=O)NC(=O)NN2CCCCC2)cc1. The molecule has 2 N–H and O–H groups in total. The second-order valence-electron chi connectivity index (χ2n) is 4.91. The topological polar surface area (TPSA) is 78.5 Å². The molecule has 20 heavy (non-hydrogen) atoms. The lowest BCUT2D eigenvalue weighted by atomic mass is 10.2. The molecule has 0 aromatic heterocycles. The maximum atomic E-state index is 12.0. The summed E-state index contributed by atoms with van der Waals surface area (Å²) in [4.78, 5) is 11.8. The monoisotopic (exact) mass is 297 g/mol. The van der Waals surface area contributed by atoms with E-state index in [-0.39, 0.29) is 4.90 Å². The van der Waals surface area contributed by atoms with Crippen molar-refractivity contribution in [1.29, 1.82) is 0 Å². The minimum absolute atomic E-state index is 0.0805. The van der Waals surface area contributed by atoms with Gasteiger partial charge in [-0.25, -0.2) is 22.9 Å². The lowest BCUT2D eigenvalue weighted by molar-refractivity contribution is 0.158. The van der Waals surface area contributed by atoms with Gasteiger partial charge in [0.15, 0.2) is 0 Å². The fourth-order valence-electron chi connectivity index (χ4n) is 2.07. The second-order valence-corrected chi connectivity index (χ2v) is 6.59. The highest BCUT2D eigenvalue weighted by molar-refractivity contribution is 7.90.